The third kappa shape index (κ3) is 4.08. The predicted octanol–water partition coefficient (Wildman–Crippen LogP) is 2.38. The van der Waals surface area contributed by atoms with Crippen molar-refractivity contribution < 1.29 is 13.2 Å². The van der Waals surface area contributed by atoms with Crippen molar-refractivity contribution in [1.29, 1.82) is 0 Å². The summed E-state index contributed by atoms with van der Waals surface area (Å²) < 4.78 is 26.3. The Balaban J connectivity index is 2.82. The molecule has 0 radical (unpaired) electrons. The second-order valence-corrected chi connectivity index (χ2v) is 6.16. The van der Waals surface area contributed by atoms with Crippen LogP contribution in [-0.2, 0) is 14.8 Å². The molecule has 0 heterocycles. The zero-order chi connectivity index (χ0) is 13.8. The molecule has 0 amide bonds. The summed E-state index contributed by atoms with van der Waals surface area (Å²) in [5.41, 5.74) is 0. The Morgan fingerprint density at radius 1 is 1.33 bits per heavy atom. The van der Waals surface area contributed by atoms with Crippen LogP contribution in [0.25, 0.3) is 0 Å². The summed E-state index contributed by atoms with van der Waals surface area (Å²) in [7, 11) is -3.67. The maximum atomic E-state index is 12.0. The molecule has 18 heavy (non-hydrogen) atoms. The van der Waals surface area contributed by atoms with E-state index in [1.807, 2.05) is 6.92 Å². The summed E-state index contributed by atoms with van der Waals surface area (Å²) in [6.45, 7) is 3.42. The predicted molar refractivity (Wildman–Crippen MR) is 71.2 cm³/mol. The van der Waals surface area contributed by atoms with Gasteiger partial charge in [-0.2, -0.15) is 0 Å². The molecule has 1 atom stereocenters. The molecule has 0 aliphatic carbocycles. The topological polar surface area (TPSA) is 63.2 Å². The molecule has 0 saturated heterocycles. The summed E-state index contributed by atoms with van der Waals surface area (Å²) in [5.74, 6) is -0.116. The number of halogens is 1. The Morgan fingerprint density at radius 3 is 2.39 bits per heavy atom. The molecule has 0 spiro atoms. The molecule has 0 aliphatic rings. The first-order valence-corrected chi connectivity index (χ1v) is 7.53. The molecular weight excluding hydrogens is 274 g/mol. The van der Waals surface area contributed by atoms with Gasteiger partial charge in [-0.1, -0.05) is 18.5 Å². The molecule has 1 aromatic rings. The number of benzene rings is 1. The van der Waals surface area contributed by atoms with Crippen molar-refractivity contribution in [2.45, 2.75) is 37.6 Å². The van der Waals surface area contributed by atoms with Gasteiger partial charge in [-0.3, -0.25) is 4.79 Å². The van der Waals surface area contributed by atoms with Crippen molar-refractivity contribution in [3.05, 3.63) is 29.3 Å². The van der Waals surface area contributed by atoms with E-state index in [0.717, 1.165) is 0 Å². The molecule has 0 aliphatic heterocycles. The van der Waals surface area contributed by atoms with Gasteiger partial charge >= 0.3 is 0 Å². The van der Waals surface area contributed by atoms with Crippen LogP contribution in [0.2, 0.25) is 5.02 Å². The van der Waals surface area contributed by atoms with Crippen molar-refractivity contribution in [3.8, 4) is 0 Å². The molecule has 1 unspecified atom stereocenters. The number of hydrogen-bond acceptors (Lipinski definition) is 3. The number of carbonyl (C=O) groups excluding carboxylic acids is 1. The fourth-order valence-electron chi connectivity index (χ4n) is 1.44. The first kappa shape index (κ1) is 15.1. The number of Topliss-reactive ketones (excluding diaryl/α,β-unsaturated/α-hetero) is 1. The summed E-state index contributed by atoms with van der Waals surface area (Å²) in [6.07, 6.45) is 1.07. The number of sulfonamides is 1. The first-order valence-electron chi connectivity index (χ1n) is 5.67. The summed E-state index contributed by atoms with van der Waals surface area (Å²) >= 11 is 5.69. The van der Waals surface area contributed by atoms with Crippen LogP contribution in [-0.4, -0.2) is 20.2 Å². The SMILES string of the molecule is CCCC(=O)C(C)NS(=O)(=O)c1ccc(Cl)cc1. The highest BCUT2D eigenvalue weighted by Crippen LogP contribution is 2.14. The van der Waals surface area contributed by atoms with Gasteiger partial charge in [-0.15, -0.1) is 0 Å². The second-order valence-electron chi connectivity index (χ2n) is 4.01. The van der Waals surface area contributed by atoms with Gasteiger partial charge in [0, 0.05) is 11.4 Å². The lowest BCUT2D eigenvalue weighted by Gasteiger charge is -2.12. The monoisotopic (exact) mass is 289 g/mol. The van der Waals surface area contributed by atoms with Crippen molar-refractivity contribution in [2.24, 2.45) is 0 Å². The van der Waals surface area contributed by atoms with Gasteiger partial charge < -0.3 is 0 Å². The van der Waals surface area contributed by atoms with E-state index in [0.29, 0.717) is 17.9 Å². The molecule has 0 saturated carbocycles. The number of nitrogens with one attached hydrogen (secondary N) is 1. The highest BCUT2D eigenvalue weighted by molar-refractivity contribution is 7.89. The van der Waals surface area contributed by atoms with E-state index in [-0.39, 0.29) is 10.7 Å². The molecule has 100 valence electrons. The molecule has 1 aromatic carbocycles. The smallest absolute Gasteiger partial charge is 0.241 e. The van der Waals surface area contributed by atoms with E-state index in [1.165, 1.54) is 24.3 Å². The van der Waals surface area contributed by atoms with Gasteiger partial charge in [0.05, 0.1) is 10.9 Å². The Labute approximate surface area is 112 Å². The lowest BCUT2D eigenvalue weighted by atomic mass is 10.1. The average molecular weight is 290 g/mol. The van der Waals surface area contributed by atoms with Crippen molar-refractivity contribution in [1.82, 2.24) is 4.72 Å². The van der Waals surface area contributed by atoms with Gasteiger partial charge in [0.15, 0.2) is 5.78 Å². The second kappa shape index (κ2) is 6.31. The fourth-order valence-corrected chi connectivity index (χ4v) is 2.80. The molecule has 6 heteroatoms. The van der Waals surface area contributed by atoms with Crippen molar-refractivity contribution >= 4 is 27.4 Å². The minimum Gasteiger partial charge on any atom is -0.298 e. The van der Waals surface area contributed by atoms with Gasteiger partial charge in [-0.05, 0) is 37.6 Å². The minimum absolute atomic E-state index is 0.100. The highest BCUT2D eigenvalue weighted by Gasteiger charge is 2.21. The molecule has 1 rings (SSSR count). The van der Waals surface area contributed by atoms with Gasteiger partial charge in [0.2, 0.25) is 10.0 Å². The average Bonchev–Trinajstić information content (AvgIpc) is 2.29. The van der Waals surface area contributed by atoms with Crippen LogP contribution in [0, 0.1) is 0 Å². The fraction of sp³-hybridized carbons (Fsp3) is 0.417. The van der Waals surface area contributed by atoms with Crippen LogP contribution in [0.4, 0.5) is 0 Å². The van der Waals surface area contributed by atoms with E-state index < -0.39 is 16.1 Å². The van der Waals surface area contributed by atoms with Gasteiger partial charge in [0.25, 0.3) is 0 Å². The first-order chi connectivity index (χ1) is 8.36. The minimum atomic E-state index is -3.67. The molecule has 4 nitrogen and oxygen atoms in total. The zero-order valence-corrected chi connectivity index (χ0v) is 11.9. The van der Waals surface area contributed by atoms with E-state index in [4.69, 9.17) is 11.6 Å². The molecule has 0 aromatic heterocycles. The maximum absolute atomic E-state index is 12.0. The quantitative estimate of drug-likeness (QED) is 0.874. The molecule has 0 fully saturated rings. The Kier molecular flexibility index (Phi) is 5.31. The summed E-state index contributed by atoms with van der Waals surface area (Å²) in [6, 6.07) is 5.08. The standard InChI is InChI=1S/C12H16ClNO3S/c1-3-4-12(15)9(2)14-18(16,17)11-7-5-10(13)6-8-11/h5-9,14H,3-4H2,1-2H3. The summed E-state index contributed by atoms with van der Waals surface area (Å²) in [4.78, 5) is 11.7. The Morgan fingerprint density at radius 2 is 1.89 bits per heavy atom. The normalized spacial score (nSPS) is 13.3. The molecular formula is C12H16ClNO3S. The van der Waals surface area contributed by atoms with E-state index >= 15 is 0 Å². The number of rotatable bonds is 6. The highest BCUT2D eigenvalue weighted by atomic mass is 35.5. The molecule has 0 bridgehead atoms. The van der Waals surface area contributed by atoms with E-state index in [9.17, 15) is 13.2 Å². The largest absolute Gasteiger partial charge is 0.298 e. The lowest BCUT2D eigenvalue weighted by Crippen LogP contribution is -2.38. The Bertz CT molecular complexity index is 511. The van der Waals surface area contributed by atoms with Crippen LogP contribution in [0.15, 0.2) is 29.2 Å². The lowest BCUT2D eigenvalue weighted by molar-refractivity contribution is -0.120. The molecule has 1 N–H and O–H groups in total. The Hall–Kier alpha value is -0.910. The summed E-state index contributed by atoms with van der Waals surface area (Å²) in [5, 5.41) is 0.462. The van der Waals surface area contributed by atoms with E-state index in [2.05, 4.69) is 4.72 Å². The number of carbonyl (C=O) groups is 1. The van der Waals surface area contributed by atoms with Crippen LogP contribution in [0.1, 0.15) is 26.7 Å². The van der Waals surface area contributed by atoms with Gasteiger partial charge in [-0.25, -0.2) is 13.1 Å². The third-order valence-electron chi connectivity index (χ3n) is 2.44. The third-order valence-corrected chi connectivity index (χ3v) is 4.24. The van der Waals surface area contributed by atoms with Crippen LogP contribution < -0.4 is 4.72 Å². The zero-order valence-electron chi connectivity index (χ0n) is 10.3. The maximum Gasteiger partial charge on any atom is 0.241 e. The van der Waals surface area contributed by atoms with Crippen molar-refractivity contribution in [3.63, 3.8) is 0 Å². The van der Waals surface area contributed by atoms with Crippen LogP contribution in [0.5, 0.6) is 0 Å². The van der Waals surface area contributed by atoms with E-state index in [1.54, 1.807) is 6.92 Å². The number of ketones is 1. The van der Waals surface area contributed by atoms with Crippen LogP contribution in [0.3, 0.4) is 0 Å². The van der Waals surface area contributed by atoms with Crippen LogP contribution >= 0.6 is 11.6 Å². The number of hydrogen-bond donors (Lipinski definition) is 1. The van der Waals surface area contributed by atoms with Crippen molar-refractivity contribution in [2.75, 3.05) is 0 Å². The van der Waals surface area contributed by atoms with Gasteiger partial charge in [0.1, 0.15) is 0 Å².